The number of nitrogens with one attached hydrogen (secondary N) is 1. The summed E-state index contributed by atoms with van der Waals surface area (Å²) >= 11 is 9.05. The number of benzene rings is 1. The Morgan fingerprint density at radius 1 is 1.53 bits per heavy atom. The number of carbonyl (C=O) groups is 1. The molecule has 1 rings (SSSR count). The lowest BCUT2D eigenvalue weighted by molar-refractivity contribution is 0.0908. The average Bonchev–Trinajstić information content (AvgIpc) is 2.20. The lowest BCUT2D eigenvalue weighted by Crippen LogP contribution is -2.43. The monoisotopic (exact) mass is 321 g/mol. The van der Waals surface area contributed by atoms with Crippen molar-refractivity contribution in [1.29, 1.82) is 0 Å². The fourth-order valence-electron chi connectivity index (χ4n) is 1.34. The molecule has 0 fully saturated rings. The molecule has 0 aliphatic carbocycles. The summed E-state index contributed by atoms with van der Waals surface area (Å²) in [6.45, 7) is 3.77. The molecule has 0 saturated carbocycles. The molecule has 5 heteroatoms. The van der Waals surface area contributed by atoms with Gasteiger partial charge in [-0.3, -0.25) is 4.79 Å². The lowest BCUT2D eigenvalue weighted by Gasteiger charge is -2.25. The van der Waals surface area contributed by atoms with E-state index in [1.54, 1.807) is 0 Å². The molecule has 0 aliphatic heterocycles. The van der Waals surface area contributed by atoms with Crippen molar-refractivity contribution in [3.63, 3.8) is 0 Å². The molecule has 1 aromatic carbocycles. The quantitative estimate of drug-likeness (QED) is 0.840. The van der Waals surface area contributed by atoms with Crippen molar-refractivity contribution < 1.29 is 9.18 Å². The number of hydrogen-bond donors (Lipinski definition) is 1. The smallest absolute Gasteiger partial charge is 0.254 e. The van der Waals surface area contributed by atoms with Crippen molar-refractivity contribution >= 4 is 33.4 Å². The molecule has 1 amide bonds. The largest absolute Gasteiger partial charge is 0.347 e. The summed E-state index contributed by atoms with van der Waals surface area (Å²) in [6.07, 6.45) is 0.751. The highest BCUT2D eigenvalue weighted by Crippen LogP contribution is 2.17. The molecule has 0 radical (unpaired) electrons. The summed E-state index contributed by atoms with van der Waals surface area (Å²) in [4.78, 5) is 11.9. The van der Waals surface area contributed by atoms with Gasteiger partial charge >= 0.3 is 0 Å². The van der Waals surface area contributed by atoms with Crippen LogP contribution in [0.3, 0.4) is 0 Å². The van der Waals surface area contributed by atoms with E-state index in [2.05, 4.69) is 21.2 Å². The van der Waals surface area contributed by atoms with Gasteiger partial charge in [-0.2, -0.15) is 0 Å². The van der Waals surface area contributed by atoms with Crippen LogP contribution >= 0.6 is 27.5 Å². The van der Waals surface area contributed by atoms with Crippen molar-refractivity contribution in [3.05, 3.63) is 34.6 Å². The van der Waals surface area contributed by atoms with Gasteiger partial charge < -0.3 is 5.32 Å². The van der Waals surface area contributed by atoms with E-state index in [1.807, 2.05) is 13.8 Å². The van der Waals surface area contributed by atoms with Gasteiger partial charge in [-0.25, -0.2) is 4.39 Å². The molecule has 0 aliphatic rings. The minimum atomic E-state index is -0.568. The molecule has 17 heavy (non-hydrogen) atoms. The number of alkyl halides is 1. The van der Waals surface area contributed by atoms with E-state index in [9.17, 15) is 9.18 Å². The Kier molecular flexibility index (Phi) is 4.95. The fourth-order valence-corrected chi connectivity index (χ4v) is 2.51. The second kappa shape index (κ2) is 5.83. The Morgan fingerprint density at radius 3 is 2.76 bits per heavy atom. The van der Waals surface area contributed by atoms with E-state index in [-0.39, 0.29) is 5.56 Å². The second-order valence-electron chi connectivity index (χ2n) is 4.40. The van der Waals surface area contributed by atoms with Crippen LogP contribution in [-0.4, -0.2) is 16.8 Å². The third-order valence-corrected chi connectivity index (χ3v) is 2.98. The highest BCUT2D eigenvalue weighted by molar-refractivity contribution is 9.09. The van der Waals surface area contributed by atoms with E-state index in [0.29, 0.717) is 5.02 Å². The van der Waals surface area contributed by atoms with Crippen LogP contribution in [0, 0.1) is 5.82 Å². The van der Waals surface area contributed by atoms with Crippen LogP contribution < -0.4 is 5.32 Å². The van der Waals surface area contributed by atoms with Gasteiger partial charge in [-0.1, -0.05) is 27.5 Å². The summed E-state index contributed by atoms with van der Waals surface area (Å²) in [5.74, 6) is -1.02. The van der Waals surface area contributed by atoms with Gasteiger partial charge in [0.1, 0.15) is 5.82 Å². The number of halogens is 3. The summed E-state index contributed by atoms with van der Waals surface area (Å²) in [6, 6.07) is 3.93. The molecule has 0 bridgehead atoms. The van der Waals surface area contributed by atoms with Crippen molar-refractivity contribution in [2.45, 2.75) is 25.8 Å². The topological polar surface area (TPSA) is 29.1 Å². The third-order valence-electron chi connectivity index (χ3n) is 2.34. The van der Waals surface area contributed by atoms with Crippen molar-refractivity contribution in [3.8, 4) is 0 Å². The zero-order chi connectivity index (χ0) is 13.1. The standard InChI is InChI=1S/C12H14BrClFNO/c1-12(2,5-6-13)16-11(17)9-7-8(14)3-4-10(9)15/h3-4,7H,5-6H2,1-2H3,(H,16,17). The predicted molar refractivity (Wildman–Crippen MR) is 71.4 cm³/mol. The number of amides is 1. The molecule has 0 unspecified atom stereocenters. The van der Waals surface area contributed by atoms with Crippen LogP contribution in [0.15, 0.2) is 18.2 Å². The van der Waals surface area contributed by atoms with Crippen molar-refractivity contribution in [1.82, 2.24) is 5.32 Å². The van der Waals surface area contributed by atoms with Gasteiger partial charge in [0, 0.05) is 15.9 Å². The molecule has 0 atom stereocenters. The SMILES string of the molecule is CC(C)(CCBr)NC(=O)c1cc(Cl)ccc1F. The van der Waals surface area contributed by atoms with Crippen LogP contribution in [0.5, 0.6) is 0 Å². The van der Waals surface area contributed by atoms with E-state index >= 15 is 0 Å². The fraction of sp³-hybridized carbons (Fsp3) is 0.417. The van der Waals surface area contributed by atoms with Gasteiger partial charge in [0.15, 0.2) is 0 Å². The molecule has 1 N–H and O–H groups in total. The van der Waals surface area contributed by atoms with E-state index in [1.165, 1.54) is 18.2 Å². The van der Waals surface area contributed by atoms with Gasteiger partial charge in [-0.15, -0.1) is 0 Å². The molecule has 94 valence electrons. The Morgan fingerprint density at radius 2 is 2.18 bits per heavy atom. The molecular formula is C12H14BrClFNO. The van der Waals surface area contributed by atoms with E-state index in [4.69, 9.17) is 11.6 Å². The summed E-state index contributed by atoms with van der Waals surface area (Å²) in [7, 11) is 0. The molecule has 1 aromatic rings. The van der Waals surface area contributed by atoms with Crippen LogP contribution in [0.25, 0.3) is 0 Å². The third kappa shape index (κ3) is 4.28. The normalized spacial score (nSPS) is 11.4. The number of hydrogen-bond acceptors (Lipinski definition) is 1. The van der Waals surface area contributed by atoms with E-state index < -0.39 is 17.3 Å². The number of rotatable bonds is 4. The van der Waals surface area contributed by atoms with Crippen molar-refractivity contribution in [2.24, 2.45) is 0 Å². The van der Waals surface area contributed by atoms with Crippen LogP contribution in [0.2, 0.25) is 5.02 Å². The highest BCUT2D eigenvalue weighted by Gasteiger charge is 2.22. The van der Waals surface area contributed by atoms with Crippen LogP contribution in [0.4, 0.5) is 4.39 Å². The summed E-state index contributed by atoms with van der Waals surface area (Å²) in [5.41, 5.74) is -0.421. The Balaban J connectivity index is 2.86. The summed E-state index contributed by atoms with van der Waals surface area (Å²) < 4.78 is 13.5. The molecular weight excluding hydrogens is 308 g/mol. The lowest BCUT2D eigenvalue weighted by atomic mass is 10.0. The molecule has 0 spiro atoms. The Hall–Kier alpha value is -0.610. The Bertz CT molecular complexity index is 423. The maximum atomic E-state index is 13.5. The van der Waals surface area contributed by atoms with E-state index in [0.717, 1.165) is 11.8 Å². The zero-order valence-electron chi connectivity index (χ0n) is 9.69. The van der Waals surface area contributed by atoms with Gasteiger partial charge in [0.25, 0.3) is 5.91 Å². The first-order valence-electron chi connectivity index (χ1n) is 5.19. The first kappa shape index (κ1) is 14.5. The molecule has 0 heterocycles. The maximum absolute atomic E-state index is 13.5. The maximum Gasteiger partial charge on any atom is 0.254 e. The van der Waals surface area contributed by atoms with Crippen LogP contribution in [-0.2, 0) is 0 Å². The van der Waals surface area contributed by atoms with Crippen molar-refractivity contribution in [2.75, 3.05) is 5.33 Å². The molecule has 0 aromatic heterocycles. The first-order chi connectivity index (χ1) is 7.85. The second-order valence-corrected chi connectivity index (χ2v) is 5.63. The highest BCUT2D eigenvalue weighted by atomic mass is 79.9. The van der Waals surface area contributed by atoms with Gasteiger partial charge in [-0.05, 0) is 38.5 Å². The first-order valence-corrected chi connectivity index (χ1v) is 6.69. The van der Waals surface area contributed by atoms with Gasteiger partial charge in [0.05, 0.1) is 5.56 Å². The average molecular weight is 323 g/mol. The van der Waals surface area contributed by atoms with Gasteiger partial charge in [0.2, 0.25) is 0 Å². The molecule has 2 nitrogen and oxygen atoms in total. The minimum absolute atomic E-state index is 0.0276. The minimum Gasteiger partial charge on any atom is -0.347 e. The number of carbonyl (C=O) groups excluding carboxylic acids is 1. The Labute approximate surface area is 114 Å². The predicted octanol–water partition coefficient (Wildman–Crippen LogP) is 3.77. The zero-order valence-corrected chi connectivity index (χ0v) is 12.0. The molecule has 0 saturated heterocycles. The van der Waals surface area contributed by atoms with Crippen LogP contribution in [0.1, 0.15) is 30.6 Å². The summed E-state index contributed by atoms with van der Waals surface area (Å²) in [5, 5.41) is 3.88.